The first-order chi connectivity index (χ1) is 8.90. The van der Waals surface area contributed by atoms with Crippen molar-refractivity contribution in [3.63, 3.8) is 0 Å². The Balaban J connectivity index is 2.22. The van der Waals surface area contributed by atoms with Gasteiger partial charge in [-0.2, -0.15) is 0 Å². The van der Waals surface area contributed by atoms with Gasteiger partial charge in [-0.1, -0.05) is 13.5 Å². The standard InChI is InChI=1S/C15H22O4/c1-8-4-5-11-10(3)15(18)19-14(11)7-12(8)13(17)6-9(2)16/h7-9,11,13-14,16-17H,3-6H2,1-2H3/t8-,9+,11-,13-,14-/m0/s1. The summed E-state index contributed by atoms with van der Waals surface area (Å²) in [7, 11) is 0. The number of carbonyl (C=O) groups excluding carboxylic acids is 1. The molecule has 1 saturated heterocycles. The van der Waals surface area contributed by atoms with Crippen LogP contribution < -0.4 is 0 Å². The predicted octanol–water partition coefficient (Wildman–Crippen LogP) is 1.57. The fourth-order valence-electron chi connectivity index (χ4n) is 2.97. The van der Waals surface area contributed by atoms with Crippen molar-refractivity contribution < 1.29 is 19.7 Å². The van der Waals surface area contributed by atoms with Crippen molar-refractivity contribution in [2.24, 2.45) is 11.8 Å². The number of aliphatic hydroxyl groups is 2. The smallest absolute Gasteiger partial charge is 0.334 e. The number of fused-ring (bicyclic) bond motifs is 1. The van der Waals surface area contributed by atoms with Crippen molar-refractivity contribution in [3.8, 4) is 0 Å². The third kappa shape index (κ3) is 2.90. The molecule has 0 aromatic carbocycles. The zero-order valence-electron chi connectivity index (χ0n) is 11.5. The van der Waals surface area contributed by atoms with Crippen LogP contribution in [0.1, 0.15) is 33.1 Å². The van der Waals surface area contributed by atoms with Crippen molar-refractivity contribution in [3.05, 3.63) is 23.8 Å². The van der Waals surface area contributed by atoms with Crippen LogP contribution in [-0.4, -0.2) is 34.5 Å². The first-order valence-electron chi connectivity index (χ1n) is 6.87. The summed E-state index contributed by atoms with van der Waals surface area (Å²) in [5, 5.41) is 19.6. The number of hydrogen-bond acceptors (Lipinski definition) is 4. The van der Waals surface area contributed by atoms with E-state index in [1.54, 1.807) is 6.92 Å². The molecule has 1 aliphatic carbocycles. The van der Waals surface area contributed by atoms with E-state index in [9.17, 15) is 15.0 Å². The van der Waals surface area contributed by atoms with Crippen LogP contribution in [-0.2, 0) is 9.53 Å². The van der Waals surface area contributed by atoms with E-state index in [1.165, 1.54) is 0 Å². The van der Waals surface area contributed by atoms with E-state index >= 15 is 0 Å². The molecule has 1 heterocycles. The number of aliphatic hydroxyl groups excluding tert-OH is 2. The van der Waals surface area contributed by atoms with Crippen molar-refractivity contribution in [2.75, 3.05) is 0 Å². The van der Waals surface area contributed by atoms with Gasteiger partial charge in [0.05, 0.1) is 12.2 Å². The molecule has 2 aliphatic rings. The molecule has 0 radical (unpaired) electrons. The van der Waals surface area contributed by atoms with Crippen LogP contribution >= 0.6 is 0 Å². The molecule has 4 nitrogen and oxygen atoms in total. The lowest BCUT2D eigenvalue weighted by molar-refractivity contribution is -0.137. The Morgan fingerprint density at radius 3 is 2.79 bits per heavy atom. The summed E-state index contributed by atoms with van der Waals surface area (Å²) in [6.45, 7) is 7.51. The van der Waals surface area contributed by atoms with Gasteiger partial charge >= 0.3 is 5.97 Å². The molecule has 0 spiro atoms. The highest BCUT2D eigenvalue weighted by Crippen LogP contribution is 2.38. The largest absolute Gasteiger partial charge is 0.454 e. The molecular formula is C15H22O4. The summed E-state index contributed by atoms with van der Waals surface area (Å²) < 4.78 is 5.30. The molecule has 4 heteroatoms. The van der Waals surface area contributed by atoms with Gasteiger partial charge in [0.2, 0.25) is 0 Å². The molecule has 2 N–H and O–H groups in total. The van der Waals surface area contributed by atoms with Crippen LogP contribution in [0, 0.1) is 11.8 Å². The highest BCUT2D eigenvalue weighted by Gasteiger charge is 2.40. The number of hydrogen-bond donors (Lipinski definition) is 2. The highest BCUT2D eigenvalue weighted by molar-refractivity contribution is 5.91. The van der Waals surface area contributed by atoms with E-state index in [4.69, 9.17) is 4.74 Å². The molecule has 1 aliphatic heterocycles. The molecule has 1 fully saturated rings. The maximum Gasteiger partial charge on any atom is 0.334 e. The second-order valence-electron chi connectivity index (χ2n) is 5.75. The fourth-order valence-corrected chi connectivity index (χ4v) is 2.97. The summed E-state index contributed by atoms with van der Waals surface area (Å²) >= 11 is 0. The molecule has 0 amide bonds. The molecule has 106 valence electrons. The minimum absolute atomic E-state index is 0.0335. The van der Waals surface area contributed by atoms with Crippen molar-refractivity contribution >= 4 is 5.97 Å². The lowest BCUT2D eigenvalue weighted by Crippen LogP contribution is -2.22. The van der Waals surface area contributed by atoms with Gasteiger partial charge in [0, 0.05) is 17.9 Å². The monoisotopic (exact) mass is 266 g/mol. The van der Waals surface area contributed by atoms with Crippen LogP contribution in [0.4, 0.5) is 0 Å². The maximum atomic E-state index is 11.5. The number of esters is 1. The van der Waals surface area contributed by atoms with E-state index in [2.05, 4.69) is 13.5 Å². The molecule has 0 bridgehead atoms. The second-order valence-corrected chi connectivity index (χ2v) is 5.75. The molecule has 5 atom stereocenters. The molecule has 0 unspecified atom stereocenters. The lowest BCUT2D eigenvalue weighted by atomic mass is 9.90. The van der Waals surface area contributed by atoms with Gasteiger partial charge in [0.15, 0.2) is 0 Å². The van der Waals surface area contributed by atoms with Gasteiger partial charge in [-0.3, -0.25) is 0 Å². The quantitative estimate of drug-likeness (QED) is 0.462. The SMILES string of the molecule is C=C1C(=O)O[C@H]2C=C([C@@H](O)C[C@@H](C)O)[C@@H](C)CC[C@@H]12. The van der Waals surface area contributed by atoms with Gasteiger partial charge < -0.3 is 14.9 Å². The Labute approximate surface area is 113 Å². The number of carbonyl (C=O) groups is 1. The zero-order valence-corrected chi connectivity index (χ0v) is 11.5. The van der Waals surface area contributed by atoms with Gasteiger partial charge in [0.1, 0.15) is 6.10 Å². The van der Waals surface area contributed by atoms with Crippen LogP contribution in [0.5, 0.6) is 0 Å². The van der Waals surface area contributed by atoms with Crippen LogP contribution in [0.2, 0.25) is 0 Å². The maximum absolute atomic E-state index is 11.5. The van der Waals surface area contributed by atoms with E-state index < -0.39 is 12.2 Å². The Morgan fingerprint density at radius 1 is 1.47 bits per heavy atom. The summed E-state index contributed by atoms with van der Waals surface area (Å²) in [6, 6.07) is 0. The fraction of sp³-hybridized carbons (Fsp3) is 0.667. The zero-order chi connectivity index (χ0) is 14.2. The van der Waals surface area contributed by atoms with Crippen molar-refractivity contribution in [1.82, 2.24) is 0 Å². The first-order valence-corrected chi connectivity index (χ1v) is 6.87. The van der Waals surface area contributed by atoms with Gasteiger partial charge in [-0.25, -0.2) is 4.79 Å². The summed E-state index contributed by atoms with van der Waals surface area (Å²) in [4.78, 5) is 11.5. The van der Waals surface area contributed by atoms with Gasteiger partial charge in [0.25, 0.3) is 0 Å². The normalized spacial score (nSPS) is 34.1. The summed E-state index contributed by atoms with van der Waals surface area (Å²) in [6.07, 6.45) is 2.37. The Morgan fingerprint density at radius 2 is 2.16 bits per heavy atom. The molecule has 19 heavy (non-hydrogen) atoms. The van der Waals surface area contributed by atoms with E-state index in [0.29, 0.717) is 12.0 Å². The van der Waals surface area contributed by atoms with Gasteiger partial charge in [-0.05, 0) is 37.3 Å². The second kappa shape index (κ2) is 5.47. The minimum atomic E-state index is -0.679. The third-order valence-electron chi connectivity index (χ3n) is 4.14. The molecule has 0 aromatic heterocycles. The molecule has 2 rings (SSSR count). The van der Waals surface area contributed by atoms with Crippen LogP contribution in [0.3, 0.4) is 0 Å². The Bertz CT molecular complexity index is 410. The van der Waals surface area contributed by atoms with Crippen molar-refractivity contribution in [2.45, 2.75) is 51.4 Å². The molecule has 0 saturated carbocycles. The first kappa shape index (κ1) is 14.3. The summed E-state index contributed by atoms with van der Waals surface area (Å²) in [5.41, 5.74) is 1.41. The highest BCUT2D eigenvalue weighted by atomic mass is 16.5. The number of ether oxygens (including phenoxy) is 1. The topological polar surface area (TPSA) is 66.8 Å². The lowest BCUT2D eigenvalue weighted by Gasteiger charge is -2.21. The van der Waals surface area contributed by atoms with E-state index in [1.807, 2.05) is 6.08 Å². The van der Waals surface area contributed by atoms with Crippen LogP contribution in [0.15, 0.2) is 23.8 Å². The third-order valence-corrected chi connectivity index (χ3v) is 4.14. The van der Waals surface area contributed by atoms with Crippen molar-refractivity contribution in [1.29, 1.82) is 0 Å². The average molecular weight is 266 g/mol. The predicted molar refractivity (Wildman–Crippen MR) is 71.3 cm³/mol. The summed E-state index contributed by atoms with van der Waals surface area (Å²) in [5.74, 6) is -0.0674. The van der Waals surface area contributed by atoms with E-state index in [0.717, 1.165) is 18.4 Å². The van der Waals surface area contributed by atoms with E-state index in [-0.39, 0.29) is 23.9 Å². The average Bonchev–Trinajstić information content (AvgIpc) is 2.48. The number of rotatable bonds is 3. The molecule has 0 aromatic rings. The van der Waals surface area contributed by atoms with Crippen LogP contribution in [0.25, 0.3) is 0 Å². The van der Waals surface area contributed by atoms with Gasteiger partial charge in [-0.15, -0.1) is 0 Å². The Hall–Kier alpha value is -1.13. The Kier molecular flexibility index (Phi) is 4.11. The molecular weight excluding hydrogens is 244 g/mol. The minimum Gasteiger partial charge on any atom is -0.454 e.